The molecule has 0 spiro atoms. The fourth-order valence-electron chi connectivity index (χ4n) is 3.94. The maximum atomic E-state index is 11.5. The Morgan fingerprint density at radius 2 is 1.00 bits per heavy atom. The maximum Gasteiger partial charge on any atom is 0.327 e. The molecule has 186 valence electrons. The molecule has 1 aliphatic rings. The van der Waals surface area contributed by atoms with Crippen LogP contribution < -0.4 is 5.73 Å². The van der Waals surface area contributed by atoms with E-state index in [1.54, 1.807) is 0 Å². The lowest BCUT2D eigenvalue weighted by atomic mass is 10.0. The number of likely N-dealkylation sites (tertiary alicyclic amines) is 1. The Balaban J connectivity index is 0.00000172. The number of rotatable bonds is 20. The van der Waals surface area contributed by atoms with Crippen molar-refractivity contribution in [2.45, 2.75) is 122 Å². The fourth-order valence-corrected chi connectivity index (χ4v) is 3.94. The van der Waals surface area contributed by atoms with Gasteiger partial charge in [-0.1, -0.05) is 103 Å². The Morgan fingerprint density at radius 3 is 1.28 bits per heavy atom. The van der Waals surface area contributed by atoms with E-state index in [1.165, 1.54) is 101 Å². The fraction of sp³-hybridized carbons (Fsp3) is 0.808. The van der Waals surface area contributed by atoms with Crippen molar-refractivity contribution in [1.82, 2.24) is 4.90 Å². The molecule has 0 aromatic heterocycles. The highest BCUT2D eigenvalue weighted by atomic mass is 16.4. The third-order valence-electron chi connectivity index (χ3n) is 5.92. The Bertz CT molecular complexity index is 492. The van der Waals surface area contributed by atoms with Gasteiger partial charge in [-0.25, -0.2) is 4.79 Å². The molecule has 1 aliphatic heterocycles. The Hall–Kier alpha value is -1.69. The molecule has 3 N–H and O–H groups in total. The SMILES string of the molecule is C=CC(=O)O.NCCCCCCCCCCCCCCCCCCCN1C(=O)CCC1=O. The van der Waals surface area contributed by atoms with Crippen molar-refractivity contribution >= 4 is 17.8 Å². The first kappa shape index (κ1) is 30.3. The van der Waals surface area contributed by atoms with Gasteiger partial charge in [-0.3, -0.25) is 14.5 Å². The van der Waals surface area contributed by atoms with E-state index in [2.05, 4.69) is 6.58 Å². The van der Waals surface area contributed by atoms with Crippen molar-refractivity contribution < 1.29 is 19.5 Å². The highest BCUT2D eigenvalue weighted by molar-refractivity contribution is 6.01. The number of nitrogens with two attached hydrogens (primary N) is 1. The van der Waals surface area contributed by atoms with Gasteiger partial charge in [0.05, 0.1) is 0 Å². The van der Waals surface area contributed by atoms with Gasteiger partial charge < -0.3 is 10.8 Å². The average Bonchev–Trinajstić information content (AvgIpc) is 3.10. The number of nitrogens with zero attached hydrogens (tertiary/aromatic N) is 1. The van der Waals surface area contributed by atoms with Gasteiger partial charge in [0, 0.05) is 25.5 Å². The monoisotopic (exact) mass is 452 g/mol. The number of carbonyl (C=O) groups is 3. The number of carboxylic acids is 1. The molecule has 0 unspecified atom stereocenters. The molecule has 0 aromatic carbocycles. The molecule has 1 rings (SSSR count). The van der Waals surface area contributed by atoms with E-state index >= 15 is 0 Å². The predicted octanol–water partition coefficient (Wildman–Crippen LogP) is 5.98. The minimum Gasteiger partial charge on any atom is -0.478 e. The van der Waals surface area contributed by atoms with Gasteiger partial charge in [0.2, 0.25) is 11.8 Å². The normalized spacial score (nSPS) is 13.2. The summed E-state index contributed by atoms with van der Waals surface area (Å²) in [6, 6.07) is 0. The number of imide groups is 1. The first-order valence-corrected chi connectivity index (χ1v) is 12.9. The zero-order valence-electron chi connectivity index (χ0n) is 20.3. The second-order valence-electron chi connectivity index (χ2n) is 8.78. The van der Waals surface area contributed by atoms with E-state index in [1.807, 2.05) is 0 Å². The van der Waals surface area contributed by atoms with Crippen LogP contribution in [0.3, 0.4) is 0 Å². The van der Waals surface area contributed by atoms with E-state index < -0.39 is 5.97 Å². The van der Waals surface area contributed by atoms with Gasteiger partial charge in [0.15, 0.2) is 0 Å². The number of hydrogen-bond donors (Lipinski definition) is 2. The number of hydrogen-bond acceptors (Lipinski definition) is 4. The highest BCUT2D eigenvalue weighted by Crippen LogP contribution is 2.15. The van der Waals surface area contributed by atoms with Crippen molar-refractivity contribution in [2.75, 3.05) is 13.1 Å². The zero-order valence-corrected chi connectivity index (χ0v) is 20.3. The predicted molar refractivity (Wildman–Crippen MR) is 131 cm³/mol. The lowest BCUT2D eigenvalue weighted by molar-refractivity contribution is -0.138. The van der Waals surface area contributed by atoms with Crippen LogP contribution in [0.1, 0.15) is 122 Å². The van der Waals surface area contributed by atoms with Gasteiger partial charge >= 0.3 is 5.97 Å². The van der Waals surface area contributed by atoms with E-state index in [-0.39, 0.29) is 11.8 Å². The molecule has 1 heterocycles. The summed E-state index contributed by atoms with van der Waals surface area (Å²) in [5.74, 6) is -0.921. The number of carbonyl (C=O) groups excluding carboxylic acids is 2. The minimum absolute atomic E-state index is 0.0301. The third kappa shape index (κ3) is 19.0. The van der Waals surface area contributed by atoms with Crippen LogP contribution in [0.2, 0.25) is 0 Å². The van der Waals surface area contributed by atoms with Gasteiger partial charge in [0.1, 0.15) is 0 Å². The van der Waals surface area contributed by atoms with Gasteiger partial charge in [-0.05, 0) is 19.4 Å². The van der Waals surface area contributed by atoms with E-state index in [9.17, 15) is 14.4 Å². The summed E-state index contributed by atoms with van der Waals surface area (Å²) in [7, 11) is 0. The van der Waals surface area contributed by atoms with Crippen molar-refractivity contribution in [2.24, 2.45) is 5.73 Å². The number of carboxylic acid groups (broad SMARTS) is 1. The lowest BCUT2D eigenvalue weighted by Crippen LogP contribution is -2.29. The quantitative estimate of drug-likeness (QED) is 0.134. The topological polar surface area (TPSA) is 101 Å². The first-order chi connectivity index (χ1) is 15.5. The summed E-state index contributed by atoms with van der Waals surface area (Å²) >= 11 is 0. The minimum atomic E-state index is -0.981. The number of amides is 2. The van der Waals surface area contributed by atoms with Crippen LogP contribution in [-0.4, -0.2) is 40.9 Å². The van der Waals surface area contributed by atoms with Crippen molar-refractivity contribution in [3.63, 3.8) is 0 Å². The van der Waals surface area contributed by atoms with E-state index in [0.29, 0.717) is 19.4 Å². The smallest absolute Gasteiger partial charge is 0.327 e. The molecule has 0 bridgehead atoms. The van der Waals surface area contributed by atoms with Crippen molar-refractivity contribution in [1.29, 1.82) is 0 Å². The molecule has 0 radical (unpaired) electrons. The Kier molecular flexibility index (Phi) is 21.3. The summed E-state index contributed by atoms with van der Waals surface area (Å²) < 4.78 is 0. The molecular weight excluding hydrogens is 404 g/mol. The average molecular weight is 453 g/mol. The standard InChI is InChI=1S/C23H44N2O2.C3H4O2/c24-20-16-14-12-10-8-6-4-2-1-3-5-7-9-11-13-15-17-21-25-22(26)18-19-23(25)27;1-2-3(4)5/h1-21,24H2;2H,1H2,(H,4,5). The van der Waals surface area contributed by atoms with Crippen LogP contribution in [0.25, 0.3) is 0 Å². The summed E-state index contributed by atoms with van der Waals surface area (Å²) in [5.41, 5.74) is 5.50. The summed E-state index contributed by atoms with van der Waals surface area (Å²) in [6.07, 6.45) is 24.2. The molecule has 2 amide bonds. The van der Waals surface area contributed by atoms with Crippen LogP contribution in [-0.2, 0) is 14.4 Å². The Labute approximate surface area is 196 Å². The van der Waals surface area contributed by atoms with Crippen LogP contribution in [0.5, 0.6) is 0 Å². The molecule has 1 saturated heterocycles. The summed E-state index contributed by atoms with van der Waals surface area (Å²) in [6.45, 7) is 4.46. The van der Waals surface area contributed by atoms with Gasteiger partial charge in [-0.2, -0.15) is 0 Å². The summed E-state index contributed by atoms with van der Waals surface area (Å²) in [4.78, 5) is 33.7. The van der Waals surface area contributed by atoms with Crippen LogP contribution >= 0.6 is 0 Å². The van der Waals surface area contributed by atoms with E-state index in [0.717, 1.165) is 25.5 Å². The Morgan fingerprint density at radius 1 is 0.719 bits per heavy atom. The number of unbranched alkanes of at least 4 members (excludes halogenated alkanes) is 16. The molecular formula is C26H48N2O4. The molecule has 0 aliphatic carbocycles. The third-order valence-corrected chi connectivity index (χ3v) is 5.92. The highest BCUT2D eigenvalue weighted by Gasteiger charge is 2.27. The molecule has 32 heavy (non-hydrogen) atoms. The van der Waals surface area contributed by atoms with Gasteiger partial charge in [0.25, 0.3) is 0 Å². The van der Waals surface area contributed by atoms with Crippen LogP contribution in [0, 0.1) is 0 Å². The second kappa shape index (κ2) is 22.5. The molecule has 0 atom stereocenters. The second-order valence-corrected chi connectivity index (χ2v) is 8.78. The molecule has 1 fully saturated rings. The largest absolute Gasteiger partial charge is 0.478 e. The van der Waals surface area contributed by atoms with Crippen molar-refractivity contribution in [3.05, 3.63) is 12.7 Å². The number of aliphatic carboxylic acids is 1. The molecule has 0 aromatic rings. The van der Waals surface area contributed by atoms with Gasteiger partial charge in [-0.15, -0.1) is 0 Å². The van der Waals surface area contributed by atoms with E-state index in [4.69, 9.17) is 10.8 Å². The van der Waals surface area contributed by atoms with Crippen molar-refractivity contribution in [3.8, 4) is 0 Å². The zero-order chi connectivity index (χ0) is 23.9. The molecule has 6 nitrogen and oxygen atoms in total. The lowest BCUT2D eigenvalue weighted by Gasteiger charge is -2.13. The summed E-state index contributed by atoms with van der Waals surface area (Å²) in [5, 5.41) is 7.60. The first-order valence-electron chi connectivity index (χ1n) is 12.9. The van der Waals surface area contributed by atoms with Crippen LogP contribution in [0.15, 0.2) is 12.7 Å². The maximum absolute atomic E-state index is 11.5. The molecule has 6 heteroatoms. The van der Waals surface area contributed by atoms with Crippen LogP contribution in [0.4, 0.5) is 0 Å². The molecule has 0 saturated carbocycles.